The summed E-state index contributed by atoms with van der Waals surface area (Å²) < 4.78 is 14.2. The number of benzene rings is 1. The summed E-state index contributed by atoms with van der Waals surface area (Å²) >= 11 is 0. The smallest absolute Gasteiger partial charge is 0.220 e. The monoisotopic (exact) mass is 314 g/mol. The number of carbonyl (C=O) groups is 1. The summed E-state index contributed by atoms with van der Waals surface area (Å²) in [6.45, 7) is 2.23. The first-order chi connectivity index (χ1) is 11.1. The molecule has 2 aromatic rings. The Morgan fingerprint density at radius 3 is 2.83 bits per heavy atom. The highest BCUT2D eigenvalue weighted by molar-refractivity contribution is 5.75. The van der Waals surface area contributed by atoms with Crippen molar-refractivity contribution in [3.8, 4) is 11.1 Å². The second-order valence-electron chi connectivity index (χ2n) is 5.73. The molecule has 0 aliphatic carbocycles. The Bertz CT molecular complexity index is 734. The van der Waals surface area contributed by atoms with Crippen LogP contribution in [0.25, 0.3) is 11.1 Å². The standard InChI is InChI=1S/C17H19FN4O/c1-11(23)22-9-5-4-8-15(22)16-13(10-20-17(19)21-16)12-6-2-3-7-14(12)18/h2-3,6-7,10,15H,4-5,8-9H2,1H3,(H2,19,20,21)/t15-/m0/s1. The van der Waals surface area contributed by atoms with Gasteiger partial charge in [-0.2, -0.15) is 0 Å². The molecular formula is C17H19FN4O. The molecule has 1 fully saturated rings. The first kappa shape index (κ1) is 15.4. The first-order valence-corrected chi connectivity index (χ1v) is 7.72. The van der Waals surface area contributed by atoms with Crippen molar-refractivity contribution in [2.75, 3.05) is 12.3 Å². The van der Waals surface area contributed by atoms with Crippen LogP contribution in [0.2, 0.25) is 0 Å². The van der Waals surface area contributed by atoms with Crippen molar-refractivity contribution in [1.29, 1.82) is 0 Å². The number of nitrogens with zero attached hydrogens (tertiary/aromatic N) is 3. The van der Waals surface area contributed by atoms with Crippen molar-refractivity contribution in [2.45, 2.75) is 32.2 Å². The lowest BCUT2D eigenvalue weighted by atomic mass is 9.93. The molecular weight excluding hydrogens is 295 g/mol. The fourth-order valence-electron chi connectivity index (χ4n) is 3.14. The number of carbonyl (C=O) groups excluding carboxylic acids is 1. The number of rotatable bonds is 2. The molecule has 0 saturated carbocycles. The molecule has 0 radical (unpaired) electrons. The first-order valence-electron chi connectivity index (χ1n) is 7.72. The van der Waals surface area contributed by atoms with Gasteiger partial charge in [0.1, 0.15) is 5.82 Å². The number of hydrogen-bond donors (Lipinski definition) is 1. The van der Waals surface area contributed by atoms with Crippen LogP contribution in [0.5, 0.6) is 0 Å². The van der Waals surface area contributed by atoms with Gasteiger partial charge >= 0.3 is 0 Å². The van der Waals surface area contributed by atoms with Crippen molar-refractivity contribution in [2.24, 2.45) is 0 Å². The third-order valence-electron chi connectivity index (χ3n) is 4.22. The highest BCUT2D eigenvalue weighted by Gasteiger charge is 2.30. The molecule has 6 heteroatoms. The van der Waals surface area contributed by atoms with E-state index in [4.69, 9.17) is 5.73 Å². The van der Waals surface area contributed by atoms with Crippen molar-refractivity contribution in [3.63, 3.8) is 0 Å². The van der Waals surface area contributed by atoms with Gasteiger partial charge in [-0.05, 0) is 25.3 Å². The van der Waals surface area contributed by atoms with Gasteiger partial charge in [0.15, 0.2) is 0 Å². The zero-order valence-electron chi connectivity index (χ0n) is 13.0. The van der Waals surface area contributed by atoms with E-state index in [1.54, 1.807) is 36.2 Å². The van der Waals surface area contributed by atoms with E-state index in [9.17, 15) is 9.18 Å². The maximum Gasteiger partial charge on any atom is 0.220 e. The predicted octanol–water partition coefficient (Wildman–Crippen LogP) is 2.94. The molecule has 1 aromatic heterocycles. The molecule has 1 amide bonds. The highest BCUT2D eigenvalue weighted by atomic mass is 19.1. The number of likely N-dealkylation sites (tertiary alicyclic amines) is 1. The van der Waals surface area contributed by atoms with Gasteiger partial charge in [0.25, 0.3) is 0 Å². The zero-order valence-corrected chi connectivity index (χ0v) is 13.0. The van der Waals surface area contributed by atoms with Gasteiger partial charge in [-0.25, -0.2) is 14.4 Å². The lowest BCUT2D eigenvalue weighted by molar-refractivity contribution is -0.132. The average Bonchev–Trinajstić information content (AvgIpc) is 2.55. The summed E-state index contributed by atoms with van der Waals surface area (Å²) in [5, 5.41) is 0. The lowest BCUT2D eigenvalue weighted by Gasteiger charge is -2.35. The molecule has 0 bridgehead atoms. The third kappa shape index (κ3) is 3.02. The van der Waals surface area contributed by atoms with Crippen LogP contribution in [0.15, 0.2) is 30.5 Å². The van der Waals surface area contributed by atoms with Crippen molar-refractivity contribution >= 4 is 11.9 Å². The Morgan fingerprint density at radius 2 is 2.09 bits per heavy atom. The van der Waals surface area contributed by atoms with Crippen LogP contribution in [-0.2, 0) is 4.79 Å². The highest BCUT2D eigenvalue weighted by Crippen LogP contribution is 2.36. The van der Waals surface area contributed by atoms with Crippen LogP contribution in [0.4, 0.5) is 10.3 Å². The Kier molecular flexibility index (Phi) is 4.23. The summed E-state index contributed by atoms with van der Waals surface area (Å²) in [7, 11) is 0. The van der Waals surface area contributed by atoms with Crippen molar-refractivity contribution < 1.29 is 9.18 Å². The number of piperidine rings is 1. The zero-order chi connectivity index (χ0) is 16.4. The maximum atomic E-state index is 14.2. The molecule has 2 N–H and O–H groups in total. The van der Waals surface area contributed by atoms with E-state index in [-0.39, 0.29) is 23.7 Å². The largest absolute Gasteiger partial charge is 0.368 e. The fourth-order valence-corrected chi connectivity index (χ4v) is 3.14. The van der Waals surface area contributed by atoms with Gasteiger partial charge in [-0.3, -0.25) is 4.79 Å². The van der Waals surface area contributed by atoms with Gasteiger partial charge in [0.2, 0.25) is 11.9 Å². The van der Waals surface area contributed by atoms with E-state index in [1.165, 1.54) is 6.07 Å². The number of nitrogen functional groups attached to an aromatic ring is 1. The molecule has 1 aliphatic heterocycles. The number of anilines is 1. The van der Waals surface area contributed by atoms with Gasteiger partial charge in [0, 0.05) is 30.8 Å². The lowest BCUT2D eigenvalue weighted by Crippen LogP contribution is -2.37. The van der Waals surface area contributed by atoms with E-state index in [0.29, 0.717) is 23.4 Å². The summed E-state index contributed by atoms with van der Waals surface area (Å²) in [4.78, 5) is 22.1. The van der Waals surface area contributed by atoms with E-state index >= 15 is 0 Å². The number of aromatic nitrogens is 2. The number of amides is 1. The normalized spacial score (nSPS) is 18.0. The van der Waals surface area contributed by atoms with Crippen LogP contribution in [0.1, 0.15) is 37.9 Å². The molecule has 0 spiro atoms. The number of hydrogen-bond acceptors (Lipinski definition) is 4. The molecule has 1 aromatic carbocycles. The van der Waals surface area contributed by atoms with Gasteiger partial charge in [-0.1, -0.05) is 18.2 Å². The van der Waals surface area contributed by atoms with E-state index in [2.05, 4.69) is 9.97 Å². The molecule has 0 unspecified atom stereocenters. The van der Waals surface area contributed by atoms with Crippen LogP contribution < -0.4 is 5.73 Å². The topological polar surface area (TPSA) is 72.1 Å². The van der Waals surface area contributed by atoms with Gasteiger partial charge in [-0.15, -0.1) is 0 Å². The number of halogens is 1. The Hall–Kier alpha value is -2.50. The quantitative estimate of drug-likeness (QED) is 0.925. The maximum absolute atomic E-state index is 14.2. The third-order valence-corrected chi connectivity index (χ3v) is 4.22. The second kappa shape index (κ2) is 6.32. The minimum Gasteiger partial charge on any atom is -0.368 e. The van der Waals surface area contributed by atoms with Crippen LogP contribution in [0, 0.1) is 5.82 Å². The minimum atomic E-state index is -0.340. The van der Waals surface area contributed by atoms with Crippen molar-refractivity contribution in [3.05, 3.63) is 42.0 Å². The summed E-state index contributed by atoms with van der Waals surface area (Å²) in [6.07, 6.45) is 4.29. The minimum absolute atomic E-state index is 0.00799. The van der Waals surface area contributed by atoms with E-state index in [1.807, 2.05) is 0 Å². The molecule has 120 valence electrons. The van der Waals surface area contributed by atoms with Crippen molar-refractivity contribution in [1.82, 2.24) is 14.9 Å². The number of nitrogens with two attached hydrogens (primary N) is 1. The average molecular weight is 314 g/mol. The molecule has 1 atom stereocenters. The van der Waals surface area contributed by atoms with Gasteiger partial charge in [0.05, 0.1) is 11.7 Å². The molecule has 2 heterocycles. The summed E-state index contributed by atoms with van der Waals surface area (Å²) in [5.41, 5.74) is 7.40. The Labute approximate surface area is 134 Å². The fraction of sp³-hybridized carbons (Fsp3) is 0.353. The Morgan fingerprint density at radius 1 is 1.30 bits per heavy atom. The van der Waals surface area contributed by atoms with Gasteiger partial charge < -0.3 is 10.6 Å². The van der Waals surface area contributed by atoms with E-state index < -0.39 is 0 Å². The second-order valence-corrected chi connectivity index (χ2v) is 5.73. The SMILES string of the molecule is CC(=O)N1CCCC[C@H]1c1nc(N)ncc1-c1ccccc1F. The molecule has 3 rings (SSSR count). The molecule has 5 nitrogen and oxygen atoms in total. The van der Waals surface area contributed by atoms with E-state index in [0.717, 1.165) is 19.3 Å². The summed E-state index contributed by atoms with van der Waals surface area (Å²) in [6, 6.07) is 6.30. The molecule has 1 aliphatic rings. The summed E-state index contributed by atoms with van der Waals surface area (Å²) in [5.74, 6) is -0.215. The molecule has 1 saturated heterocycles. The van der Waals surface area contributed by atoms with Crippen LogP contribution in [0.3, 0.4) is 0 Å². The van der Waals surface area contributed by atoms with Crippen LogP contribution >= 0.6 is 0 Å². The predicted molar refractivity (Wildman–Crippen MR) is 85.8 cm³/mol. The molecule has 23 heavy (non-hydrogen) atoms. The Balaban J connectivity index is 2.13. The van der Waals surface area contributed by atoms with Crippen LogP contribution in [-0.4, -0.2) is 27.3 Å².